The van der Waals surface area contributed by atoms with Crippen molar-refractivity contribution in [1.29, 1.82) is 0 Å². The first-order valence-electron chi connectivity index (χ1n) is 20.4. The Kier molecular flexibility index (Phi) is 6.95. The van der Waals surface area contributed by atoms with Crippen LogP contribution in [0.4, 0.5) is 0 Å². The number of aromatic nitrogens is 5. The summed E-state index contributed by atoms with van der Waals surface area (Å²) in [5.74, 6) is 1.55. The van der Waals surface area contributed by atoms with Crippen molar-refractivity contribution in [1.82, 2.24) is 24.1 Å². The molecule has 0 aliphatic rings. The summed E-state index contributed by atoms with van der Waals surface area (Å²) in [7, 11) is 0. The minimum Gasteiger partial charge on any atom is -0.309 e. The molecule has 60 heavy (non-hydrogen) atoms. The van der Waals surface area contributed by atoms with Gasteiger partial charge < -0.3 is 4.57 Å². The SMILES string of the molecule is c1ccc2c(-c3cnc(-n4c(-c5ccc(-n6c7ccccc7c7ccccc76)cc5)nc5c6ccccc6c6ccccc6c54)c4ncccc34)c3ccccc3cc2c1. The largest absolute Gasteiger partial charge is 0.309 e. The first-order valence-corrected chi connectivity index (χ1v) is 20.4. The van der Waals surface area contributed by atoms with Gasteiger partial charge in [-0.25, -0.2) is 9.97 Å². The monoisotopic (exact) mass is 763 g/mol. The van der Waals surface area contributed by atoms with Crippen molar-refractivity contribution >= 4 is 86.8 Å². The normalized spacial score (nSPS) is 12.0. The summed E-state index contributed by atoms with van der Waals surface area (Å²) >= 11 is 0. The van der Waals surface area contributed by atoms with Gasteiger partial charge in [0.1, 0.15) is 11.3 Å². The Hall–Kier alpha value is -8.15. The average Bonchev–Trinajstić information content (AvgIpc) is 3.88. The lowest BCUT2D eigenvalue weighted by Crippen LogP contribution is -2.04. The van der Waals surface area contributed by atoms with E-state index in [1.807, 2.05) is 12.3 Å². The van der Waals surface area contributed by atoms with Crippen LogP contribution in [-0.4, -0.2) is 24.1 Å². The maximum Gasteiger partial charge on any atom is 0.165 e. The molecule has 13 rings (SSSR count). The van der Waals surface area contributed by atoms with Gasteiger partial charge in [-0.2, -0.15) is 0 Å². The van der Waals surface area contributed by atoms with Gasteiger partial charge in [0, 0.05) is 56.1 Å². The lowest BCUT2D eigenvalue weighted by atomic mass is 9.91. The molecule has 4 heterocycles. The summed E-state index contributed by atoms with van der Waals surface area (Å²) in [4.78, 5) is 16.2. The van der Waals surface area contributed by atoms with Crippen LogP contribution in [0.3, 0.4) is 0 Å². The maximum absolute atomic E-state index is 5.59. The van der Waals surface area contributed by atoms with Crippen LogP contribution in [0.15, 0.2) is 200 Å². The van der Waals surface area contributed by atoms with E-state index in [9.17, 15) is 0 Å². The number of benzene rings is 9. The Morgan fingerprint density at radius 3 is 1.58 bits per heavy atom. The van der Waals surface area contributed by atoms with Gasteiger partial charge >= 0.3 is 0 Å². The van der Waals surface area contributed by atoms with Gasteiger partial charge in [-0.05, 0) is 86.4 Å². The molecule has 0 saturated heterocycles. The molecule has 0 spiro atoms. The molecule has 5 heteroatoms. The van der Waals surface area contributed by atoms with Crippen molar-refractivity contribution in [2.75, 3.05) is 0 Å². The molecular weight excluding hydrogens is 731 g/mol. The summed E-state index contributed by atoms with van der Waals surface area (Å²) < 4.78 is 4.62. The second-order valence-electron chi connectivity index (χ2n) is 15.6. The molecule has 0 N–H and O–H groups in total. The summed E-state index contributed by atoms with van der Waals surface area (Å²) in [6, 6.07) is 67.2. The molecule has 0 bridgehead atoms. The number of rotatable bonds is 4. The molecule has 4 aromatic heterocycles. The lowest BCUT2D eigenvalue weighted by Gasteiger charge is -2.17. The Balaban J connectivity index is 1.11. The zero-order valence-corrected chi connectivity index (χ0v) is 32.3. The van der Waals surface area contributed by atoms with Crippen LogP contribution in [0.2, 0.25) is 0 Å². The molecule has 0 aliphatic carbocycles. The summed E-state index contributed by atoms with van der Waals surface area (Å²) in [5.41, 5.74) is 9.39. The van der Waals surface area contributed by atoms with Crippen molar-refractivity contribution in [3.63, 3.8) is 0 Å². The van der Waals surface area contributed by atoms with Crippen LogP contribution >= 0.6 is 0 Å². The second-order valence-corrected chi connectivity index (χ2v) is 15.6. The average molecular weight is 764 g/mol. The highest BCUT2D eigenvalue weighted by Gasteiger charge is 2.24. The number of para-hydroxylation sites is 2. The fourth-order valence-electron chi connectivity index (χ4n) is 9.79. The lowest BCUT2D eigenvalue weighted by molar-refractivity contribution is 1.04. The van der Waals surface area contributed by atoms with E-state index in [0.29, 0.717) is 0 Å². The molecule has 0 saturated carbocycles. The van der Waals surface area contributed by atoms with Gasteiger partial charge in [0.25, 0.3) is 0 Å². The minimum atomic E-state index is 0.739. The van der Waals surface area contributed by atoms with Gasteiger partial charge in [-0.3, -0.25) is 9.55 Å². The predicted octanol–water partition coefficient (Wildman–Crippen LogP) is 14.0. The molecule has 13 aromatic rings. The summed E-state index contributed by atoms with van der Waals surface area (Å²) in [5, 5.41) is 12.8. The molecule has 0 amide bonds. The van der Waals surface area contributed by atoms with Crippen molar-refractivity contribution < 1.29 is 0 Å². The topological polar surface area (TPSA) is 48.5 Å². The van der Waals surface area contributed by atoms with E-state index in [-0.39, 0.29) is 0 Å². The molecule has 0 fully saturated rings. The zero-order chi connectivity index (χ0) is 39.3. The Bertz CT molecular complexity index is 3790. The summed E-state index contributed by atoms with van der Waals surface area (Å²) in [6.45, 7) is 0. The van der Waals surface area contributed by atoms with Crippen LogP contribution in [0.25, 0.3) is 121 Å². The quantitative estimate of drug-likeness (QED) is 0.132. The fraction of sp³-hybridized carbons (Fsp3) is 0. The highest BCUT2D eigenvalue weighted by molar-refractivity contribution is 6.25. The van der Waals surface area contributed by atoms with E-state index in [0.717, 1.165) is 66.7 Å². The highest BCUT2D eigenvalue weighted by atomic mass is 15.1. The number of fused-ring (bicyclic) bond motifs is 12. The number of imidazole rings is 1. The van der Waals surface area contributed by atoms with E-state index < -0.39 is 0 Å². The van der Waals surface area contributed by atoms with Gasteiger partial charge in [-0.15, -0.1) is 0 Å². The Morgan fingerprint density at radius 1 is 0.383 bits per heavy atom. The standard InChI is InChI=1S/C55H33N5/c1-3-16-38-35(14-1)32-36-15-2-4-17-39(36)50(38)47-33-57-55(52-45(47)24-13-31-56-52)60-53-46-23-8-6-19-41(46)40-18-5-7-22-44(40)51(53)58-54(60)34-27-29-37(30-28-34)59-48-25-11-9-20-42(48)43-21-10-12-26-49(43)59/h1-33H. The smallest absolute Gasteiger partial charge is 0.165 e. The number of nitrogens with zero attached hydrogens (tertiary/aromatic N) is 5. The number of pyridine rings is 2. The van der Waals surface area contributed by atoms with Gasteiger partial charge in [-0.1, -0.05) is 140 Å². The third kappa shape index (κ3) is 4.66. The number of hydrogen-bond acceptors (Lipinski definition) is 3. The van der Waals surface area contributed by atoms with Crippen LogP contribution in [0.1, 0.15) is 0 Å². The van der Waals surface area contributed by atoms with Gasteiger partial charge in [0.15, 0.2) is 5.82 Å². The minimum absolute atomic E-state index is 0.739. The van der Waals surface area contributed by atoms with E-state index in [1.54, 1.807) is 0 Å². The van der Waals surface area contributed by atoms with Crippen molar-refractivity contribution in [2.45, 2.75) is 0 Å². The van der Waals surface area contributed by atoms with E-state index in [4.69, 9.17) is 15.0 Å². The van der Waals surface area contributed by atoms with Crippen molar-refractivity contribution in [3.05, 3.63) is 200 Å². The molecule has 0 unspecified atom stereocenters. The number of hydrogen-bond donors (Lipinski definition) is 0. The van der Waals surface area contributed by atoms with Crippen LogP contribution < -0.4 is 0 Å². The third-order valence-electron chi connectivity index (χ3n) is 12.4. The van der Waals surface area contributed by atoms with Crippen molar-refractivity contribution in [2.24, 2.45) is 0 Å². The summed E-state index contributed by atoms with van der Waals surface area (Å²) in [6.07, 6.45) is 3.93. The maximum atomic E-state index is 5.59. The van der Waals surface area contributed by atoms with Crippen LogP contribution in [0.5, 0.6) is 0 Å². The van der Waals surface area contributed by atoms with Gasteiger partial charge in [0.2, 0.25) is 0 Å². The molecule has 5 nitrogen and oxygen atoms in total. The predicted molar refractivity (Wildman–Crippen MR) is 249 cm³/mol. The van der Waals surface area contributed by atoms with Crippen LogP contribution in [-0.2, 0) is 0 Å². The van der Waals surface area contributed by atoms with Crippen molar-refractivity contribution in [3.8, 4) is 34.0 Å². The fourth-order valence-corrected chi connectivity index (χ4v) is 9.79. The van der Waals surface area contributed by atoms with E-state index in [1.165, 1.54) is 54.1 Å². The van der Waals surface area contributed by atoms with E-state index in [2.05, 4.69) is 197 Å². The molecule has 278 valence electrons. The zero-order valence-electron chi connectivity index (χ0n) is 32.3. The molecule has 0 aliphatic heterocycles. The molecular formula is C55H33N5. The first kappa shape index (κ1) is 32.9. The third-order valence-corrected chi connectivity index (χ3v) is 12.4. The first-order chi connectivity index (χ1) is 29.8. The molecule has 0 radical (unpaired) electrons. The van der Waals surface area contributed by atoms with Gasteiger partial charge in [0.05, 0.1) is 22.1 Å². The Morgan fingerprint density at radius 2 is 0.917 bits per heavy atom. The molecule has 0 atom stereocenters. The highest BCUT2D eigenvalue weighted by Crippen LogP contribution is 2.43. The Labute approximate surface area is 344 Å². The van der Waals surface area contributed by atoms with E-state index >= 15 is 0 Å². The second kappa shape index (κ2) is 12.7. The molecule has 9 aromatic carbocycles. The van der Waals surface area contributed by atoms with Crippen LogP contribution in [0, 0.1) is 0 Å².